The van der Waals surface area contributed by atoms with Crippen molar-refractivity contribution in [2.75, 3.05) is 7.11 Å². The Kier molecular flexibility index (Phi) is 5.41. The average molecular weight is 451 g/mol. The van der Waals surface area contributed by atoms with Crippen molar-refractivity contribution < 1.29 is 19.0 Å². The van der Waals surface area contributed by atoms with Crippen LogP contribution in [-0.2, 0) is 6.61 Å². The minimum absolute atomic E-state index is 0.118. The van der Waals surface area contributed by atoms with Crippen molar-refractivity contribution in [2.45, 2.75) is 13.5 Å². The molecule has 0 spiro atoms. The molecule has 0 bridgehead atoms. The van der Waals surface area contributed by atoms with E-state index in [0.717, 1.165) is 26.9 Å². The topological polar surface area (TPSA) is 44.8 Å². The Morgan fingerprint density at radius 1 is 1.03 bits per heavy atom. The number of hydrogen-bond donors (Lipinski definition) is 0. The molecule has 5 heteroatoms. The number of carbonyl (C=O) groups is 1. The van der Waals surface area contributed by atoms with Crippen molar-refractivity contribution in [2.24, 2.45) is 0 Å². The van der Waals surface area contributed by atoms with Crippen molar-refractivity contribution in [1.82, 2.24) is 0 Å². The van der Waals surface area contributed by atoms with Gasteiger partial charge in [-0.1, -0.05) is 46.3 Å². The number of ketones is 1. The Morgan fingerprint density at radius 2 is 1.86 bits per heavy atom. The van der Waals surface area contributed by atoms with Crippen LogP contribution in [0.4, 0.5) is 0 Å². The minimum Gasteiger partial charge on any atom is -0.497 e. The number of ether oxygens (including phenoxy) is 3. The lowest BCUT2D eigenvalue weighted by Crippen LogP contribution is -2.00. The summed E-state index contributed by atoms with van der Waals surface area (Å²) in [6.45, 7) is 2.28. The molecule has 0 amide bonds. The van der Waals surface area contributed by atoms with E-state index in [0.29, 0.717) is 29.4 Å². The third kappa shape index (κ3) is 4.05. The minimum atomic E-state index is -0.118. The zero-order valence-corrected chi connectivity index (χ0v) is 17.7. The lowest BCUT2D eigenvalue weighted by Gasteiger charge is -2.10. The third-order valence-corrected chi connectivity index (χ3v) is 5.40. The van der Waals surface area contributed by atoms with Crippen LogP contribution in [0, 0.1) is 6.92 Å². The van der Waals surface area contributed by atoms with E-state index in [2.05, 4.69) is 15.9 Å². The fraction of sp³-hybridized carbons (Fsp3) is 0.125. The van der Waals surface area contributed by atoms with Crippen LogP contribution in [0.3, 0.4) is 0 Å². The number of aryl methyl sites for hydroxylation is 1. The molecule has 0 fully saturated rings. The van der Waals surface area contributed by atoms with Crippen LogP contribution < -0.4 is 14.2 Å². The van der Waals surface area contributed by atoms with Crippen LogP contribution in [0.25, 0.3) is 6.08 Å². The highest BCUT2D eigenvalue weighted by Gasteiger charge is 2.30. The predicted molar refractivity (Wildman–Crippen MR) is 116 cm³/mol. The van der Waals surface area contributed by atoms with Crippen molar-refractivity contribution in [3.8, 4) is 17.2 Å². The van der Waals surface area contributed by atoms with E-state index in [1.54, 1.807) is 19.3 Å². The maximum Gasteiger partial charge on any atom is 0.232 e. The van der Waals surface area contributed by atoms with Gasteiger partial charge >= 0.3 is 0 Å². The number of Topliss-reactive ketones (excluding diaryl/α,β-unsaturated/α-hetero) is 1. The molecule has 0 atom stereocenters. The summed E-state index contributed by atoms with van der Waals surface area (Å²) in [6, 6.07) is 19.0. The number of hydrogen-bond acceptors (Lipinski definition) is 4. The van der Waals surface area contributed by atoms with Crippen LogP contribution in [0.1, 0.15) is 27.0 Å². The van der Waals surface area contributed by atoms with Gasteiger partial charge in [0.2, 0.25) is 5.78 Å². The number of benzene rings is 3. The quantitative estimate of drug-likeness (QED) is 0.449. The van der Waals surface area contributed by atoms with Gasteiger partial charge in [0.1, 0.15) is 23.9 Å². The Morgan fingerprint density at radius 3 is 2.66 bits per heavy atom. The molecule has 0 aliphatic carbocycles. The molecule has 0 saturated heterocycles. The van der Waals surface area contributed by atoms with E-state index in [4.69, 9.17) is 14.2 Å². The fourth-order valence-corrected chi connectivity index (χ4v) is 3.62. The monoisotopic (exact) mass is 450 g/mol. The second-order valence-corrected chi connectivity index (χ2v) is 7.57. The molecular formula is C24H19BrO4. The van der Waals surface area contributed by atoms with Crippen LogP contribution in [-0.4, -0.2) is 12.9 Å². The molecule has 3 aromatic carbocycles. The van der Waals surface area contributed by atoms with E-state index >= 15 is 0 Å². The van der Waals surface area contributed by atoms with Gasteiger partial charge in [0.15, 0.2) is 5.76 Å². The van der Waals surface area contributed by atoms with Gasteiger partial charge in [0.05, 0.1) is 12.7 Å². The zero-order valence-electron chi connectivity index (χ0n) is 16.1. The van der Waals surface area contributed by atoms with E-state index < -0.39 is 0 Å². The molecule has 3 aromatic rings. The molecule has 0 aromatic heterocycles. The first kappa shape index (κ1) is 19.3. The maximum absolute atomic E-state index is 12.8. The first-order valence-corrected chi connectivity index (χ1v) is 9.93. The summed E-state index contributed by atoms with van der Waals surface area (Å²) in [6.07, 6.45) is 1.75. The lowest BCUT2D eigenvalue weighted by atomic mass is 10.0. The lowest BCUT2D eigenvalue weighted by molar-refractivity contribution is 0.101. The van der Waals surface area contributed by atoms with E-state index in [1.165, 1.54) is 0 Å². The summed E-state index contributed by atoms with van der Waals surface area (Å²) in [5.41, 5.74) is 3.28. The molecule has 0 N–H and O–H groups in total. The highest BCUT2D eigenvalue weighted by molar-refractivity contribution is 9.10. The van der Waals surface area contributed by atoms with Crippen molar-refractivity contribution in [1.29, 1.82) is 0 Å². The Labute approximate surface area is 177 Å². The van der Waals surface area contributed by atoms with E-state index in [1.807, 2.05) is 61.5 Å². The highest BCUT2D eigenvalue weighted by atomic mass is 79.9. The van der Waals surface area contributed by atoms with Gasteiger partial charge in [0, 0.05) is 10.5 Å². The standard InChI is InChI=1S/C24H19BrO4/c1-15-10-19(28-14-16-6-5-8-18(11-16)27-2)13-21-23(15)24(26)22(29-21)12-17-7-3-4-9-20(17)25/h3-13H,14H2,1-2H3/b22-12-. The van der Waals surface area contributed by atoms with Crippen LogP contribution in [0.15, 0.2) is 70.9 Å². The van der Waals surface area contributed by atoms with Gasteiger partial charge in [-0.15, -0.1) is 0 Å². The Balaban J connectivity index is 1.57. The summed E-state index contributed by atoms with van der Waals surface area (Å²) >= 11 is 3.50. The molecule has 1 aliphatic heterocycles. The molecule has 4 rings (SSSR count). The van der Waals surface area contributed by atoms with Crippen molar-refractivity contribution in [3.63, 3.8) is 0 Å². The van der Waals surface area contributed by atoms with Crippen LogP contribution in [0.5, 0.6) is 17.2 Å². The second-order valence-electron chi connectivity index (χ2n) is 6.71. The first-order chi connectivity index (χ1) is 14.0. The van der Waals surface area contributed by atoms with Crippen LogP contribution in [0.2, 0.25) is 0 Å². The molecule has 146 valence electrons. The number of carbonyl (C=O) groups excluding carboxylic acids is 1. The van der Waals surface area contributed by atoms with Gasteiger partial charge in [0.25, 0.3) is 0 Å². The van der Waals surface area contributed by atoms with E-state index in [-0.39, 0.29) is 5.78 Å². The normalized spacial score (nSPS) is 13.9. The first-order valence-electron chi connectivity index (χ1n) is 9.14. The number of halogens is 1. The van der Waals surface area contributed by atoms with Crippen molar-refractivity contribution >= 4 is 27.8 Å². The SMILES string of the molecule is COc1cccc(COc2cc(C)c3c(c2)O/C(=C\c2ccccc2Br)C3=O)c1. The molecule has 0 radical (unpaired) electrons. The molecule has 1 heterocycles. The summed E-state index contributed by atoms with van der Waals surface area (Å²) in [4.78, 5) is 12.8. The van der Waals surface area contributed by atoms with Crippen molar-refractivity contribution in [3.05, 3.63) is 93.1 Å². The van der Waals surface area contributed by atoms with E-state index in [9.17, 15) is 4.79 Å². The molecule has 4 nitrogen and oxygen atoms in total. The summed E-state index contributed by atoms with van der Waals surface area (Å²) < 4.78 is 18.0. The average Bonchev–Trinajstić information content (AvgIpc) is 3.04. The maximum atomic E-state index is 12.8. The fourth-order valence-electron chi connectivity index (χ4n) is 3.22. The number of methoxy groups -OCH3 is 1. The highest BCUT2D eigenvalue weighted by Crippen LogP contribution is 2.38. The molecule has 0 unspecified atom stereocenters. The summed E-state index contributed by atoms with van der Waals surface area (Å²) in [5, 5.41) is 0. The largest absolute Gasteiger partial charge is 0.497 e. The Hall–Kier alpha value is -3.05. The molecule has 1 aliphatic rings. The summed E-state index contributed by atoms with van der Waals surface area (Å²) in [5.74, 6) is 2.15. The summed E-state index contributed by atoms with van der Waals surface area (Å²) in [7, 11) is 1.64. The third-order valence-electron chi connectivity index (χ3n) is 4.68. The van der Waals surface area contributed by atoms with Gasteiger partial charge in [-0.05, 0) is 54.0 Å². The van der Waals surface area contributed by atoms with Gasteiger partial charge in [-0.3, -0.25) is 4.79 Å². The number of fused-ring (bicyclic) bond motifs is 1. The predicted octanol–water partition coefficient (Wildman–Crippen LogP) is 5.96. The van der Waals surface area contributed by atoms with Gasteiger partial charge in [-0.2, -0.15) is 0 Å². The smallest absolute Gasteiger partial charge is 0.232 e. The number of rotatable bonds is 5. The molecular weight excluding hydrogens is 432 g/mol. The number of allylic oxidation sites excluding steroid dienone is 1. The molecule has 29 heavy (non-hydrogen) atoms. The zero-order chi connectivity index (χ0) is 20.4. The van der Waals surface area contributed by atoms with Gasteiger partial charge < -0.3 is 14.2 Å². The molecule has 0 saturated carbocycles. The van der Waals surface area contributed by atoms with Gasteiger partial charge in [-0.25, -0.2) is 0 Å². The van der Waals surface area contributed by atoms with Crippen LogP contribution >= 0.6 is 15.9 Å². The second kappa shape index (κ2) is 8.13. The Bertz CT molecular complexity index is 1120.